The van der Waals surface area contributed by atoms with E-state index >= 15 is 0 Å². The monoisotopic (exact) mass is 278 g/mol. The first-order valence-electron chi connectivity index (χ1n) is 6.86. The summed E-state index contributed by atoms with van der Waals surface area (Å²) in [5, 5.41) is 21.0. The number of aromatic nitrogens is 1. The number of aliphatic hydroxyl groups excluding tert-OH is 1. The normalized spacial score (nSPS) is 12.5. The van der Waals surface area contributed by atoms with Gasteiger partial charge in [0.25, 0.3) is 0 Å². The Kier molecular flexibility index (Phi) is 7.35. The highest BCUT2D eigenvalue weighted by Gasteiger charge is 2.07. The predicted molar refractivity (Wildman–Crippen MR) is 78.0 cm³/mol. The van der Waals surface area contributed by atoms with E-state index in [2.05, 4.69) is 17.2 Å². The Balaban J connectivity index is 2.42. The second kappa shape index (κ2) is 9.09. The highest BCUT2D eigenvalue weighted by molar-refractivity contribution is 5.91. The van der Waals surface area contributed by atoms with Crippen molar-refractivity contribution in [1.29, 1.82) is 0 Å². The average molecular weight is 278 g/mol. The molecule has 0 aromatic carbocycles. The lowest BCUT2D eigenvalue weighted by Crippen LogP contribution is -2.28. The van der Waals surface area contributed by atoms with E-state index in [0.717, 1.165) is 12.8 Å². The summed E-state index contributed by atoms with van der Waals surface area (Å²) in [6.45, 7) is 2.79. The molecule has 110 valence electrons. The van der Waals surface area contributed by atoms with Crippen LogP contribution in [0.2, 0.25) is 0 Å². The van der Waals surface area contributed by atoms with Crippen LogP contribution in [-0.2, 0) is 4.79 Å². The molecule has 0 fully saturated rings. The zero-order valence-corrected chi connectivity index (χ0v) is 11.7. The maximum absolute atomic E-state index is 11.7. The molecule has 1 unspecified atom stereocenters. The van der Waals surface area contributed by atoms with Gasteiger partial charge in [-0.2, -0.15) is 0 Å². The third-order valence-electron chi connectivity index (χ3n) is 2.97. The van der Waals surface area contributed by atoms with Crippen molar-refractivity contribution >= 4 is 12.0 Å². The third kappa shape index (κ3) is 6.33. The molecular formula is C15H22N2O3. The van der Waals surface area contributed by atoms with Crippen LogP contribution in [0.4, 0.5) is 0 Å². The van der Waals surface area contributed by atoms with Gasteiger partial charge in [-0.3, -0.25) is 9.78 Å². The number of nitrogens with zero attached hydrogens (tertiary/aromatic N) is 1. The molecule has 1 amide bonds. The number of hydrogen-bond acceptors (Lipinski definition) is 4. The van der Waals surface area contributed by atoms with Crippen LogP contribution in [0.3, 0.4) is 0 Å². The van der Waals surface area contributed by atoms with Gasteiger partial charge in [-0.1, -0.05) is 13.3 Å². The Labute approximate surface area is 119 Å². The van der Waals surface area contributed by atoms with Gasteiger partial charge in [-0.05, 0) is 36.5 Å². The molecule has 3 N–H and O–H groups in total. The van der Waals surface area contributed by atoms with Gasteiger partial charge >= 0.3 is 0 Å². The Bertz CT molecular complexity index is 440. The summed E-state index contributed by atoms with van der Waals surface area (Å²) in [5.41, 5.74) is 0.667. The van der Waals surface area contributed by atoms with Crippen LogP contribution in [0.25, 0.3) is 6.08 Å². The van der Waals surface area contributed by atoms with Gasteiger partial charge in [0, 0.05) is 25.4 Å². The molecule has 20 heavy (non-hydrogen) atoms. The molecule has 1 aromatic heterocycles. The summed E-state index contributed by atoms with van der Waals surface area (Å²) < 4.78 is 0. The molecule has 0 saturated heterocycles. The van der Waals surface area contributed by atoms with E-state index in [1.807, 2.05) is 0 Å². The van der Waals surface area contributed by atoms with E-state index in [1.54, 1.807) is 12.3 Å². The fourth-order valence-electron chi connectivity index (χ4n) is 1.95. The maximum Gasteiger partial charge on any atom is 0.244 e. The summed E-state index contributed by atoms with van der Waals surface area (Å²) in [6, 6.07) is 1.53. The molecule has 0 aliphatic rings. The lowest BCUT2D eigenvalue weighted by atomic mass is 10.0. The molecule has 1 heterocycles. The van der Waals surface area contributed by atoms with E-state index in [1.165, 1.54) is 18.3 Å². The van der Waals surface area contributed by atoms with E-state index in [0.29, 0.717) is 24.4 Å². The highest BCUT2D eigenvalue weighted by atomic mass is 16.3. The van der Waals surface area contributed by atoms with Gasteiger partial charge in [0.2, 0.25) is 5.91 Å². The molecule has 1 atom stereocenters. The van der Waals surface area contributed by atoms with Crippen LogP contribution in [0.15, 0.2) is 24.5 Å². The Hall–Kier alpha value is -1.88. The first kappa shape index (κ1) is 16.2. The van der Waals surface area contributed by atoms with Crippen molar-refractivity contribution in [2.24, 2.45) is 5.92 Å². The van der Waals surface area contributed by atoms with Gasteiger partial charge in [-0.25, -0.2) is 0 Å². The molecule has 0 saturated carbocycles. The van der Waals surface area contributed by atoms with Crippen molar-refractivity contribution in [1.82, 2.24) is 10.3 Å². The predicted octanol–water partition coefficient (Wildman–Crippen LogP) is 1.72. The highest BCUT2D eigenvalue weighted by Crippen LogP contribution is 2.10. The maximum atomic E-state index is 11.7. The minimum absolute atomic E-state index is 0.0681. The summed E-state index contributed by atoms with van der Waals surface area (Å²) in [6.07, 6.45) is 8.64. The van der Waals surface area contributed by atoms with Gasteiger partial charge in [0.15, 0.2) is 0 Å². The van der Waals surface area contributed by atoms with Gasteiger partial charge < -0.3 is 15.5 Å². The van der Waals surface area contributed by atoms with Crippen molar-refractivity contribution in [3.63, 3.8) is 0 Å². The Morgan fingerprint density at radius 3 is 2.90 bits per heavy atom. The molecule has 0 aliphatic heterocycles. The quantitative estimate of drug-likeness (QED) is 0.632. The molecule has 0 aliphatic carbocycles. The van der Waals surface area contributed by atoms with Crippen molar-refractivity contribution < 1.29 is 15.0 Å². The van der Waals surface area contributed by atoms with Crippen molar-refractivity contribution in [3.05, 3.63) is 30.1 Å². The van der Waals surface area contributed by atoms with Gasteiger partial charge in [0.1, 0.15) is 5.75 Å². The summed E-state index contributed by atoms with van der Waals surface area (Å²) in [4.78, 5) is 15.5. The lowest BCUT2D eigenvalue weighted by Gasteiger charge is -2.14. The summed E-state index contributed by atoms with van der Waals surface area (Å²) >= 11 is 0. The molecular weight excluding hydrogens is 256 g/mol. The van der Waals surface area contributed by atoms with Crippen LogP contribution in [-0.4, -0.2) is 34.3 Å². The number of rotatable bonds is 8. The summed E-state index contributed by atoms with van der Waals surface area (Å²) in [7, 11) is 0. The van der Waals surface area contributed by atoms with E-state index in [4.69, 9.17) is 5.11 Å². The summed E-state index contributed by atoms with van der Waals surface area (Å²) in [5.74, 6) is 0.190. The number of aromatic hydroxyl groups is 1. The molecule has 1 aromatic rings. The Morgan fingerprint density at radius 2 is 2.25 bits per heavy atom. The van der Waals surface area contributed by atoms with Crippen LogP contribution >= 0.6 is 0 Å². The second-order valence-electron chi connectivity index (χ2n) is 4.72. The van der Waals surface area contributed by atoms with Crippen LogP contribution in [0, 0.1) is 5.92 Å². The van der Waals surface area contributed by atoms with Crippen LogP contribution in [0.5, 0.6) is 5.75 Å². The van der Waals surface area contributed by atoms with E-state index in [9.17, 15) is 9.90 Å². The zero-order chi connectivity index (χ0) is 14.8. The number of carbonyl (C=O) groups excluding carboxylic acids is 1. The minimum atomic E-state index is -0.188. The average Bonchev–Trinajstić information content (AvgIpc) is 2.43. The van der Waals surface area contributed by atoms with Crippen molar-refractivity contribution in [2.45, 2.75) is 26.2 Å². The number of amides is 1. The molecule has 0 spiro atoms. The third-order valence-corrected chi connectivity index (χ3v) is 2.97. The number of pyridine rings is 1. The number of carbonyl (C=O) groups is 1. The number of nitrogens with one attached hydrogen (secondary N) is 1. The zero-order valence-electron chi connectivity index (χ0n) is 11.7. The molecule has 5 nitrogen and oxygen atoms in total. The molecule has 0 radical (unpaired) electrons. The standard InChI is InChI=1S/C15H22N2O3/c1-2-3-12(6-7-18)10-17-15(20)5-4-13-8-14(19)11-16-9-13/h4-5,8-9,11-12,18-19H,2-3,6-7,10H2,1H3,(H,17,20)/b5-4+. The first-order chi connectivity index (χ1) is 9.65. The van der Waals surface area contributed by atoms with Gasteiger partial charge in [0.05, 0.1) is 6.20 Å². The topological polar surface area (TPSA) is 82.5 Å². The fourth-order valence-corrected chi connectivity index (χ4v) is 1.95. The minimum Gasteiger partial charge on any atom is -0.506 e. The first-order valence-corrected chi connectivity index (χ1v) is 6.86. The van der Waals surface area contributed by atoms with Crippen LogP contribution < -0.4 is 5.32 Å². The van der Waals surface area contributed by atoms with E-state index < -0.39 is 0 Å². The lowest BCUT2D eigenvalue weighted by molar-refractivity contribution is -0.116. The molecule has 1 rings (SSSR count). The van der Waals surface area contributed by atoms with Crippen LogP contribution in [0.1, 0.15) is 31.7 Å². The van der Waals surface area contributed by atoms with E-state index in [-0.39, 0.29) is 18.3 Å². The SMILES string of the molecule is CCCC(CCO)CNC(=O)/C=C/c1cncc(O)c1. The molecule has 5 heteroatoms. The van der Waals surface area contributed by atoms with Crippen molar-refractivity contribution in [2.75, 3.05) is 13.2 Å². The largest absolute Gasteiger partial charge is 0.506 e. The second-order valence-corrected chi connectivity index (χ2v) is 4.72. The van der Waals surface area contributed by atoms with Crippen molar-refractivity contribution in [3.8, 4) is 5.75 Å². The molecule has 0 bridgehead atoms. The smallest absolute Gasteiger partial charge is 0.244 e. The van der Waals surface area contributed by atoms with Gasteiger partial charge in [-0.15, -0.1) is 0 Å². The Morgan fingerprint density at radius 1 is 1.45 bits per heavy atom. The number of aliphatic hydroxyl groups is 1. The fraction of sp³-hybridized carbons (Fsp3) is 0.467. The number of hydrogen-bond donors (Lipinski definition) is 3.